The van der Waals surface area contributed by atoms with Gasteiger partial charge in [0.25, 0.3) is 0 Å². The van der Waals surface area contributed by atoms with Crippen LogP contribution in [0.25, 0.3) is 12.2 Å². The molecule has 1 unspecified atom stereocenters. The molecule has 2 aliphatic rings. The van der Waals surface area contributed by atoms with E-state index in [1.54, 1.807) is 12.3 Å². The average Bonchev–Trinajstić information content (AvgIpc) is 2.69. The van der Waals surface area contributed by atoms with Crippen LogP contribution in [0.3, 0.4) is 0 Å². The summed E-state index contributed by atoms with van der Waals surface area (Å²) in [7, 11) is 0. The zero-order chi connectivity index (χ0) is 11.2. The Morgan fingerprint density at radius 3 is 2.75 bits per heavy atom. The van der Waals surface area contributed by atoms with Crippen molar-refractivity contribution in [1.29, 1.82) is 0 Å². The fraction of sp³-hybridized carbons (Fsp3) is 0.0769. The molecule has 0 amide bonds. The summed E-state index contributed by atoms with van der Waals surface area (Å²) in [5.74, 6) is -0.884. The minimum absolute atomic E-state index is 0.721. The molecule has 1 heterocycles. The van der Waals surface area contributed by atoms with E-state index in [-0.39, 0.29) is 0 Å². The van der Waals surface area contributed by atoms with E-state index in [9.17, 15) is 9.90 Å². The molecular weight excluding hydrogens is 202 g/mol. The Morgan fingerprint density at radius 2 is 2.00 bits per heavy atom. The van der Waals surface area contributed by atoms with E-state index in [2.05, 4.69) is 4.99 Å². The van der Waals surface area contributed by atoms with Gasteiger partial charge in [-0.05, 0) is 28.2 Å². The second kappa shape index (κ2) is 2.92. The van der Waals surface area contributed by atoms with Gasteiger partial charge in [-0.15, -0.1) is 0 Å². The van der Waals surface area contributed by atoms with E-state index in [1.165, 1.54) is 6.21 Å². The molecule has 16 heavy (non-hydrogen) atoms. The highest BCUT2D eigenvalue weighted by atomic mass is 16.4. The minimum atomic E-state index is -1.06. The van der Waals surface area contributed by atoms with Gasteiger partial charge in [-0.1, -0.05) is 24.3 Å². The van der Waals surface area contributed by atoms with Gasteiger partial charge in [-0.2, -0.15) is 0 Å². The van der Waals surface area contributed by atoms with Crippen molar-refractivity contribution in [1.82, 2.24) is 0 Å². The fourth-order valence-electron chi connectivity index (χ4n) is 2.12. The normalized spacial score (nSPS) is 24.9. The van der Waals surface area contributed by atoms with E-state index in [4.69, 9.17) is 0 Å². The van der Waals surface area contributed by atoms with Crippen LogP contribution in [-0.4, -0.2) is 17.3 Å². The molecular formula is C13H9NO2. The van der Waals surface area contributed by atoms with E-state index < -0.39 is 11.4 Å². The summed E-state index contributed by atoms with van der Waals surface area (Å²) in [6.45, 7) is 0. The first-order valence-electron chi connectivity index (χ1n) is 5.00. The van der Waals surface area contributed by atoms with Gasteiger partial charge in [0.05, 0.1) is 0 Å². The standard InChI is InChI=1S/C13H9NO2/c15-12(16)13-6-10-4-2-1-3-9(10)5-11(13)7-14-8-13/h1-8H,(H,15,16). The number of carbonyl (C=O) groups is 1. The maximum atomic E-state index is 11.4. The third-order valence-electron chi connectivity index (χ3n) is 3.01. The number of rotatable bonds is 1. The Kier molecular flexibility index (Phi) is 1.66. The molecule has 1 atom stereocenters. The van der Waals surface area contributed by atoms with E-state index in [1.807, 2.05) is 30.3 Å². The van der Waals surface area contributed by atoms with Crippen molar-refractivity contribution < 1.29 is 9.90 Å². The number of carboxylic acid groups (broad SMARTS) is 1. The zero-order valence-electron chi connectivity index (χ0n) is 8.42. The van der Waals surface area contributed by atoms with Crippen LogP contribution in [0, 0.1) is 5.41 Å². The molecule has 0 fully saturated rings. The number of aliphatic carboxylic acids is 1. The van der Waals surface area contributed by atoms with Gasteiger partial charge in [0.2, 0.25) is 0 Å². The SMILES string of the molecule is O=C(O)C12C=NC=C1C=c1ccccc1=C2. The second-order valence-corrected chi connectivity index (χ2v) is 3.95. The third-order valence-corrected chi connectivity index (χ3v) is 3.01. The maximum absolute atomic E-state index is 11.4. The average molecular weight is 211 g/mol. The molecule has 1 aliphatic carbocycles. The summed E-state index contributed by atoms with van der Waals surface area (Å²) >= 11 is 0. The van der Waals surface area contributed by atoms with Crippen LogP contribution >= 0.6 is 0 Å². The molecule has 0 bridgehead atoms. The first-order valence-corrected chi connectivity index (χ1v) is 5.00. The summed E-state index contributed by atoms with van der Waals surface area (Å²) < 4.78 is 0. The molecule has 1 aromatic carbocycles. The second-order valence-electron chi connectivity index (χ2n) is 3.95. The molecule has 0 saturated carbocycles. The maximum Gasteiger partial charge on any atom is 0.323 e. The molecule has 0 saturated heterocycles. The number of fused-ring (bicyclic) bond motifs is 2. The van der Waals surface area contributed by atoms with Crippen molar-refractivity contribution >= 4 is 24.3 Å². The topological polar surface area (TPSA) is 49.7 Å². The van der Waals surface area contributed by atoms with Crippen molar-refractivity contribution in [2.24, 2.45) is 10.4 Å². The Labute approximate surface area is 91.8 Å². The molecule has 3 nitrogen and oxygen atoms in total. The third kappa shape index (κ3) is 1.03. The smallest absolute Gasteiger partial charge is 0.323 e. The number of benzene rings is 1. The lowest BCUT2D eigenvalue weighted by Gasteiger charge is -2.21. The zero-order valence-corrected chi connectivity index (χ0v) is 8.42. The highest BCUT2D eigenvalue weighted by molar-refractivity contribution is 6.09. The van der Waals surface area contributed by atoms with Crippen LogP contribution in [0.15, 0.2) is 41.0 Å². The van der Waals surface area contributed by atoms with Crippen LogP contribution in [0.5, 0.6) is 0 Å². The van der Waals surface area contributed by atoms with Gasteiger partial charge >= 0.3 is 5.97 Å². The summed E-state index contributed by atoms with van der Waals surface area (Å²) in [5, 5.41) is 11.3. The lowest BCUT2D eigenvalue weighted by Crippen LogP contribution is -2.39. The van der Waals surface area contributed by atoms with Crippen LogP contribution in [0.2, 0.25) is 0 Å². The quantitative estimate of drug-likeness (QED) is 0.726. The Hall–Kier alpha value is -2.16. The Morgan fingerprint density at radius 1 is 1.25 bits per heavy atom. The molecule has 78 valence electrons. The highest BCUT2D eigenvalue weighted by Gasteiger charge is 2.41. The molecule has 0 aromatic heterocycles. The van der Waals surface area contributed by atoms with Gasteiger partial charge in [0, 0.05) is 12.4 Å². The number of nitrogens with zero attached hydrogens (tertiary/aromatic N) is 1. The summed E-state index contributed by atoms with van der Waals surface area (Å²) in [4.78, 5) is 15.4. The molecule has 1 aromatic rings. The number of aliphatic imine (C=N–C) groups is 1. The van der Waals surface area contributed by atoms with Gasteiger partial charge in [-0.3, -0.25) is 9.79 Å². The van der Waals surface area contributed by atoms with Crippen molar-refractivity contribution in [3.05, 3.63) is 46.5 Å². The summed E-state index contributed by atoms with van der Waals surface area (Å²) in [5.41, 5.74) is -0.340. The molecule has 3 rings (SSSR count). The van der Waals surface area contributed by atoms with Gasteiger partial charge in [-0.25, -0.2) is 0 Å². The van der Waals surface area contributed by atoms with Crippen molar-refractivity contribution in [3.8, 4) is 0 Å². The molecule has 3 heteroatoms. The van der Waals surface area contributed by atoms with E-state index >= 15 is 0 Å². The van der Waals surface area contributed by atoms with Crippen LogP contribution < -0.4 is 10.4 Å². The highest BCUT2D eigenvalue weighted by Crippen LogP contribution is 2.34. The Bertz CT molecular complexity index is 655. The lowest BCUT2D eigenvalue weighted by molar-refractivity contribution is -0.140. The summed E-state index contributed by atoms with van der Waals surface area (Å²) in [6.07, 6.45) is 6.74. The van der Waals surface area contributed by atoms with E-state index in [0.29, 0.717) is 0 Å². The first kappa shape index (κ1) is 9.09. The number of hydrogen-bond acceptors (Lipinski definition) is 2. The van der Waals surface area contributed by atoms with Gasteiger partial charge < -0.3 is 5.11 Å². The van der Waals surface area contributed by atoms with E-state index in [0.717, 1.165) is 16.0 Å². The van der Waals surface area contributed by atoms with Gasteiger partial charge in [0.1, 0.15) is 5.41 Å². The van der Waals surface area contributed by atoms with Crippen molar-refractivity contribution in [2.45, 2.75) is 0 Å². The van der Waals surface area contributed by atoms with Crippen LogP contribution in [0.1, 0.15) is 0 Å². The van der Waals surface area contributed by atoms with Crippen LogP contribution in [-0.2, 0) is 4.79 Å². The minimum Gasteiger partial charge on any atom is -0.480 e. The molecule has 1 N–H and O–H groups in total. The predicted molar refractivity (Wildman–Crippen MR) is 61.3 cm³/mol. The monoisotopic (exact) mass is 211 g/mol. The van der Waals surface area contributed by atoms with Gasteiger partial charge in [0.15, 0.2) is 0 Å². The molecule has 0 radical (unpaired) electrons. The molecule has 1 aliphatic heterocycles. The summed E-state index contributed by atoms with van der Waals surface area (Å²) in [6, 6.07) is 7.73. The Balaban J connectivity index is 2.39. The first-order chi connectivity index (χ1) is 7.72. The molecule has 0 spiro atoms. The largest absolute Gasteiger partial charge is 0.480 e. The fourth-order valence-corrected chi connectivity index (χ4v) is 2.12. The predicted octanol–water partition coefficient (Wildman–Crippen LogP) is 0.301. The lowest BCUT2D eigenvalue weighted by atomic mass is 9.79. The number of hydrogen-bond donors (Lipinski definition) is 1. The van der Waals surface area contributed by atoms with Crippen molar-refractivity contribution in [3.63, 3.8) is 0 Å². The number of carboxylic acids is 1. The van der Waals surface area contributed by atoms with Crippen molar-refractivity contribution in [2.75, 3.05) is 0 Å². The van der Waals surface area contributed by atoms with Crippen LogP contribution in [0.4, 0.5) is 0 Å².